The number of amides is 2. The molecule has 0 radical (unpaired) electrons. The molecule has 7 nitrogen and oxygen atoms in total. The lowest BCUT2D eigenvalue weighted by Crippen LogP contribution is -2.45. The fraction of sp³-hybridized carbons (Fsp3) is 0.429. The number of hydrogen-bond donors (Lipinski definition) is 2. The van der Waals surface area contributed by atoms with E-state index in [1.807, 2.05) is 0 Å². The first-order valence-electron chi connectivity index (χ1n) is 6.86. The van der Waals surface area contributed by atoms with Crippen LogP contribution in [0.2, 0.25) is 0 Å². The van der Waals surface area contributed by atoms with Crippen molar-refractivity contribution in [2.45, 2.75) is 31.2 Å². The van der Waals surface area contributed by atoms with E-state index in [0.29, 0.717) is 0 Å². The molecule has 0 unspecified atom stereocenters. The molecule has 1 aliphatic heterocycles. The zero-order chi connectivity index (χ0) is 16.7. The maximum Gasteiger partial charge on any atom is 0.268 e. The minimum Gasteiger partial charge on any atom is -0.350 e. The van der Waals surface area contributed by atoms with Gasteiger partial charge in [0.05, 0.1) is 5.56 Å². The molecule has 1 aromatic carbocycles. The highest BCUT2D eigenvalue weighted by atomic mass is 32.2. The summed E-state index contributed by atoms with van der Waals surface area (Å²) in [7, 11) is -3.87. The number of nitrogens with two attached hydrogens (primary N) is 1. The van der Waals surface area contributed by atoms with Crippen molar-refractivity contribution < 1.29 is 18.0 Å². The van der Waals surface area contributed by atoms with Crippen molar-refractivity contribution >= 4 is 21.8 Å². The first-order valence-corrected chi connectivity index (χ1v) is 8.30. The molecule has 1 heterocycles. The van der Waals surface area contributed by atoms with Crippen LogP contribution in [0.15, 0.2) is 23.1 Å². The Bertz CT molecular complexity index is 735. The molecule has 2 rings (SSSR count). The Labute approximate surface area is 129 Å². The predicted octanol–water partition coefficient (Wildman–Crippen LogP) is 0.318. The quantitative estimate of drug-likeness (QED) is 0.828. The molecule has 0 saturated carbocycles. The van der Waals surface area contributed by atoms with Crippen LogP contribution in [0.5, 0.6) is 0 Å². The maximum atomic E-state index is 12.3. The fourth-order valence-corrected chi connectivity index (χ4v) is 3.74. The average Bonchev–Trinajstić information content (AvgIpc) is 2.62. The van der Waals surface area contributed by atoms with Gasteiger partial charge >= 0.3 is 0 Å². The van der Waals surface area contributed by atoms with Crippen molar-refractivity contribution in [1.82, 2.24) is 9.62 Å². The van der Waals surface area contributed by atoms with Gasteiger partial charge < -0.3 is 11.1 Å². The van der Waals surface area contributed by atoms with Crippen LogP contribution < -0.4 is 11.1 Å². The van der Waals surface area contributed by atoms with Crippen molar-refractivity contribution in [3.63, 3.8) is 0 Å². The lowest BCUT2D eigenvalue weighted by Gasteiger charge is -2.18. The molecule has 2 amide bonds. The highest BCUT2D eigenvalue weighted by Crippen LogP contribution is 2.30. The van der Waals surface area contributed by atoms with Gasteiger partial charge in [0, 0.05) is 24.2 Å². The fourth-order valence-electron chi connectivity index (χ4n) is 2.14. The highest BCUT2D eigenvalue weighted by molar-refractivity contribution is 7.90. The SMILES string of the molecule is CCN1C(=O)c2ccc(C(=O)NCC(C)(C)N)cc2S1(=O)=O. The Morgan fingerprint density at radius 3 is 2.55 bits per heavy atom. The lowest BCUT2D eigenvalue weighted by atomic mass is 10.1. The van der Waals surface area contributed by atoms with Gasteiger partial charge in [-0.3, -0.25) is 9.59 Å². The van der Waals surface area contributed by atoms with Crippen molar-refractivity contribution in [1.29, 1.82) is 0 Å². The maximum absolute atomic E-state index is 12.3. The van der Waals surface area contributed by atoms with Gasteiger partial charge in [-0.2, -0.15) is 0 Å². The van der Waals surface area contributed by atoms with E-state index in [9.17, 15) is 18.0 Å². The van der Waals surface area contributed by atoms with Crippen LogP contribution in [0.3, 0.4) is 0 Å². The summed E-state index contributed by atoms with van der Waals surface area (Å²) in [5, 5.41) is 2.64. The molecule has 8 heteroatoms. The summed E-state index contributed by atoms with van der Waals surface area (Å²) in [4.78, 5) is 24.0. The van der Waals surface area contributed by atoms with Crippen molar-refractivity contribution in [3.05, 3.63) is 29.3 Å². The molecular formula is C14H19N3O4S. The van der Waals surface area contributed by atoms with E-state index in [0.717, 1.165) is 4.31 Å². The van der Waals surface area contributed by atoms with E-state index in [-0.39, 0.29) is 29.1 Å². The standard InChI is InChI=1S/C14H19N3O4S/c1-4-17-13(19)10-6-5-9(7-11(10)22(17,20)21)12(18)16-8-14(2,3)15/h5-7H,4,8,15H2,1-3H3,(H,16,18). The average molecular weight is 325 g/mol. The number of carbonyl (C=O) groups is 2. The summed E-state index contributed by atoms with van der Waals surface area (Å²) < 4.78 is 25.3. The van der Waals surface area contributed by atoms with E-state index in [1.165, 1.54) is 18.2 Å². The molecular weight excluding hydrogens is 306 g/mol. The molecule has 0 aromatic heterocycles. The first-order chi connectivity index (χ1) is 10.1. The number of carbonyl (C=O) groups excluding carboxylic acids is 2. The Morgan fingerprint density at radius 1 is 1.36 bits per heavy atom. The van der Waals surface area contributed by atoms with Crippen molar-refractivity contribution in [3.8, 4) is 0 Å². The van der Waals surface area contributed by atoms with Gasteiger partial charge in [0.1, 0.15) is 4.90 Å². The van der Waals surface area contributed by atoms with E-state index in [1.54, 1.807) is 20.8 Å². The molecule has 0 saturated heterocycles. The topological polar surface area (TPSA) is 110 Å². The van der Waals surface area contributed by atoms with Crippen LogP contribution in [-0.4, -0.2) is 43.2 Å². The van der Waals surface area contributed by atoms with E-state index in [4.69, 9.17) is 5.73 Å². The number of nitrogens with zero attached hydrogens (tertiary/aromatic N) is 1. The summed E-state index contributed by atoms with van der Waals surface area (Å²) >= 11 is 0. The van der Waals surface area contributed by atoms with Crippen LogP contribution in [0.4, 0.5) is 0 Å². The molecule has 1 aromatic rings. The molecule has 3 N–H and O–H groups in total. The summed E-state index contributed by atoms with van der Waals surface area (Å²) in [6.07, 6.45) is 0. The predicted molar refractivity (Wildman–Crippen MR) is 80.9 cm³/mol. The smallest absolute Gasteiger partial charge is 0.268 e. The Balaban J connectivity index is 2.35. The summed E-state index contributed by atoms with van der Waals surface area (Å²) in [6.45, 7) is 5.41. The van der Waals surface area contributed by atoms with Gasteiger partial charge in [-0.15, -0.1) is 0 Å². The number of nitrogens with one attached hydrogen (secondary N) is 1. The third-order valence-electron chi connectivity index (χ3n) is 3.26. The van der Waals surface area contributed by atoms with Gasteiger partial charge in [-0.1, -0.05) is 0 Å². The van der Waals surface area contributed by atoms with Crippen LogP contribution in [0.25, 0.3) is 0 Å². The summed E-state index contributed by atoms with van der Waals surface area (Å²) in [6, 6.07) is 4.04. The van der Waals surface area contributed by atoms with Gasteiger partial charge in [0.2, 0.25) is 0 Å². The third kappa shape index (κ3) is 2.84. The summed E-state index contributed by atoms with van der Waals surface area (Å²) in [5.74, 6) is -0.994. The monoisotopic (exact) mass is 325 g/mol. The van der Waals surface area contributed by atoms with Crippen molar-refractivity contribution in [2.24, 2.45) is 5.73 Å². The molecule has 0 fully saturated rings. The largest absolute Gasteiger partial charge is 0.350 e. The van der Waals surface area contributed by atoms with Crippen LogP contribution in [-0.2, 0) is 10.0 Å². The number of fused-ring (bicyclic) bond motifs is 1. The molecule has 0 bridgehead atoms. The van der Waals surface area contributed by atoms with E-state index in [2.05, 4.69) is 5.32 Å². The van der Waals surface area contributed by atoms with Gasteiger partial charge in [-0.25, -0.2) is 12.7 Å². The van der Waals surface area contributed by atoms with Gasteiger partial charge in [0.15, 0.2) is 0 Å². The number of benzene rings is 1. The minimum atomic E-state index is -3.87. The minimum absolute atomic E-state index is 0.0543. The Morgan fingerprint density at radius 2 is 2.00 bits per heavy atom. The van der Waals surface area contributed by atoms with Gasteiger partial charge in [0.25, 0.3) is 21.8 Å². The van der Waals surface area contributed by atoms with Crippen LogP contribution in [0.1, 0.15) is 41.5 Å². The molecule has 0 spiro atoms. The van der Waals surface area contributed by atoms with Crippen LogP contribution >= 0.6 is 0 Å². The molecule has 1 aliphatic rings. The van der Waals surface area contributed by atoms with Crippen molar-refractivity contribution in [2.75, 3.05) is 13.1 Å². The second-order valence-electron chi connectivity index (χ2n) is 5.86. The third-order valence-corrected chi connectivity index (χ3v) is 5.16. The van der Waals surface area contributed by atoms with E-state index < -0.39 is 27.4 Å². The number of rotatable bonds is 4. The number of sulfonamides is 1. The first kappa shape index (κ1) is 16.4. The molecule has 0 atom stereocenters. The van der Waals surface area contributed by atoms with Gasteiger partial charge in [-0.05, 0) is 39.0 Å². The Hall–Kier alpha value is -1.93. The van der Waals surface area contributed by atoms with Crippen LogP contribution in [0, 0.1) is 0 Å². The lowest BCUT2D eigenvalue weighted by molar-refractivity contribution is 0.0874. The molecule has 120 valence electrons. The second kappa shape index (κ2) is 5.36. The highest BCUT2D eigenvalue weighted by Gasteiger charge is 2.40. The van der Waals surface area contributed by atoms with E-state index >= 15 is 0 Å². The summed E-state index contributed by atoms with van der Waals surface area (Å²) in [5.41, 5.74) is 5.48. The normalized spacial score (nSPS) is 16.5. The number of hydrogen-bond acceptors (Lipinski definition) is 5. The molecule has 22 heavy (non-hydrogen) atoms. The zero-order valence-corrected chi connectivity index (χ0v) is 13.5. The molecule has 0 aliphatic carbocycles. The second-order valence-corrected chi connectivity index (χ2v) is 7.69. The Kier molecular flexibility index (Phi) is 4.01. The zero-order valence-electron chi connectivity index (χ0n) is 12.7.